The van der Waals surface area contributed by atoms with Crippen LogP contribution >= 0.6 is 22.6 Å². The van der Waals surface area contributed by atoms with Gasteiger partial charge in [-0.3, -0.25) is 0 Å². The molecule has 0 saturated carbocycles. The quantitative estimate of drug-likeness (QED) is 0.738. The first kappa shape index (κ1) is 10.2. The standard InChI is InChI=1S/C10H11FINO/c11-8-1-2-10(9(12)7-8)13-3-5-14-6-4-13/h1-2,7H,3-6H2. The summed E-state index contributed by atoms with van der Waals surface area (Å²) < 4.78 is 19.1. The van der Waals surface area contributed by atoms with E-state index in [4.69, 9.17) is 4.74 Å². The Bertz CT molecular complexity index is 326. The Balaban J connectivity index is 2.22. The molecule has 76 valence electrons. The fourth-order valence-electron chi connectivity index (χ4n) is 1.54. The van der Waals surface area contributed by atoms with Crippen molar-refractivity contribution in [3.05, 3.63) is 27.6 Å². The maximum Gasteiger partial charge on any atom is 0.124 e. The number of anilines is 1. The smallest absolute Gasteiger partial charge is 0.124 e. The average Bonchev–Trinajstić information content (AvgIpc) is 2.19. The van der Waals surface area contributed by atoms with Gasteiger partial charge in [0.1, 0.15) is 5.82 Å². The van der Waals surface area contributed by atoms with Gasteiger partial charge in [0.15, 0.2) is 0 Å². The molecule has 0 unspecified atom stereocenters. The zero-order chi connectivity index (χ0) is 9.97. The van der Waals surface area contributed by atoms with Crippen molar-refractivity contribution in [3.63, 3.8) is 0 Å². The van der Waals surface area contributed by atoms with E-state index in [1.807, 2.05) is 6.07 Å². The summed E-state index contributed by atoms with van der Waals surface area (Å²) in [5.74, 6) is -0.175. The van der Waals surface area contributed by atoms with Gasteiger partial charge in [0.25, 0.3) is 0 Å². The number of ether oxygens (including phenoxy) is 1. The van der Waals surface area contributed by atoms with Gasteiger partial charge in [-0.2, -0.15) is 0 Å². The first-order chi connectivity index (χ1) is 6.77. The molecule has 1 heterocycles. The molecule has 0 radical (unpaired) electrons. The second-order valence-corrected chi connectivity index (χ2v) is 4.36. The normalized spacial score (nSPS) is 17.1. The Morgan fingerprint density at radius 3 is 2.64 bits per heavy atom. The lowest BCUT2D eigenvalue weighted by Gasteiger charge is -2.29. The lowest BCUT2D eigenvalue weighted by Crippen LogP contribution is -2.36. The van der Waals surface area contributed by atoms with Crippen molar-refractivity contribution in [2.75, 3.05) is 31.2 Å². The molecular weight excluding hydrogens is 296 g/mol. The Kier molecular flexibility index (Phi) is 3.22. The van der Waals surface area contributed by atoms with Crippen LogP contribution in [0.1, 0.15) is 0 Å². The first-order valence-corrected chi connectivity index (χ1v) is 5.63. The summed E-state index contributed by atoms with van der Waals surface area (Å²) >= 11 is 2.17. The highest BCUT2D eigenvalue weighted by atomic mass is 127. The van der Waals surface area contributed by atoms with Crippen molar-refractivity contribution in [2.24, 2.45) is 0 Å². The maximum absolute atomic E-state index is 12.9. The minimum absolute atomic E-state index is 0.175. The van der Waals surface area contributed by atoms with Crippen molar-refractivity contribution >= 4 is 28.3 Å². The van der Waals surface area contributed by atoms with Crippen molar-refractivity contribution in [3.8, 4) is 0 Å². The predicted octanol–water partition coefficient (Wildman–Crippen LogP) is 2.27. The van der Waals surface area contributed by atoms with Crippen LogP contribution in [-0.4, -0.2) is 26.3 Å². The Labute approximate surface area is 96.2 Å². The van der Waals surface area contributed by atoms with E-state index >= 15 is 0 Å². The number of hydrogen-bond donors (Lipinski definition) is 0. The molecule has 0 spiro atoms. The highest BCUT2D eigenvalue weighted by Crippen LogP contribution is 2.23. The summed E-state index contributed by atoms with van der Waals surface area (Å²) in [5, 5.41) is 0. The van der Waals surface area contributed by atoms with E-state index in [0.29, 0.717) is 0 Å². The number of morpholine rings is 1. The molecule has 0 aromatic heterocycles. The van der Waals surface area contributed by atoms with Gasteiger partial charge >= 0.3 is 0 Å². The van der Waals surface area contributed by atoms with E-state index in [1.54, 1.807) is 6.07 Å². The summed E-state index contributed by atoms with van der Waals surface area (Å²) in [6.07, 6.45) is 0. The van der Waals surface area contributed by atoms with Crippen LogP contribution in [0, 0.1) is 9.39 Å². The third-order valence-corrected chi connectivity index (χ3v) is 3.13. The summed E-state index contributed by atoms with van der Waals surface area (Å²) in [6.45, 7) is 3.30. The molecule has 1 aliphatic rings. The van der Waals surface area contributed by atoms with Gasteiger partial charge in [0.05, 0.1) is 18.9 Å². The maximum atomic E-state index is 12.9. The lowest BCUT2D eigenvalue weighted by molar-refractivity contribution is 0.122. The van der Waals surface area contributed by atoms with Crippen LogP contribution in [0.3, 0.4) is 0 Å². The van der Waals surface area contributed by atoms with E-state index in [0.717, 1.165) is 35.6 Å². The molecule has 1 fully saturated rings. The SMILES string of the molecule is Fc1ccc(N2CCOCC2)c(I)c1. The van der Waals surface area contributed by atoms with Crippen molar-refractivity contribution in [1.82, 2.24) is 0 Å². The second kappa shape index (κ2) is 4.44. The number of rotatable bonds is 1. The molecule has 0 bridgehead atoms. The van der Waals surface area contributed by atoms with Gasteiger partial charge in [0, 0.05) is 16.7 Å². The van der Waals surface area contributed by atoms with E-state index in [1.165, 1.54) is 6.07 Å². The van der Waals surface area contributed by atoms with Crippen LogP contribution in [0.2, 0.25) is 0 Å². The Hall–Kier alpha value is -0.360. The van der Waals surface area contributed by atoms with Crippen molar-refractivity contribution < 1.29 is 9.13 Å². The van der Waals surface area contributed by atoms with Crippen molar-refractivity contribution in [2.45, 2.75) is 0 Å². The van der Waals surface area contributed by atoms with Crippen LogP contribution in [0.5, 0.6) is 0 Å². The minimum atomic E-state index is -0.175. The largest absolute Gasteiger partial charge is 0.378 e. The third kappa shape index (κ3) is 2.17. The summed E-state index contributed by atoms with van der Waals surface area (Å²) in [6, 6.07) is 4.90. The molecule has 1 aromatic rings. The number of hydrogen-bond acceptors (Lipinski definition) is 2. The fraction of sp³-hybridized carbons (Fsp3) is 0.400. The molecule has 1 aliphatic heterocycles. The van der Waals surface area contributed by atoms with E-state index in [9.17, 15) is 4.39 Å². The topological polar surface area (TPSA) is 12.5 Å². The van der Waals surface area contributed by atoms with Crippen LogP contribution in [0.25, 0.3) is 0 Å². The molecule has 2 nitrogen and oxygen atoms in total. The van der Waals surface area contributed by atoms with E-state index in [2.05, 4.69) is 27.5 Å². The predicted molar refractivity (Wildman–Crippen MR) is 62.1 cm³/mol. The van der Waals surface area contributed by atoms with Crippen LogP contribution in [-0.2, 0) is 4.74 Å². The zero-order valence-electron chi connectivity index (χ0n) is 7.67. The molecular formula is C10H11FINO. The summed E-state index contributed by atoms with van der Waals surface area (Å²) in [4.78, 5) is 2.23. The molecule has 1 aromatic carbocycles. The lowest BCUT2D eigenvalue weighted by atomic mass is 10.2. The van der Waals surface area contributed by atoms with Crippen LogP contribution < -0.4 is 4.90 Å². The summed E-state index contributed by atoms with van der Waals surface area (Å²) in [5.41, 5.74) is 1.11. The molecule has 0 amide bonds. The van der Waals surface area contributed by atoms with Crippen LogP contribution in [0.4, 0.5) is 10.1 Å². The summed E-state index contributed by atoms with van der Waals surface area (Å²) in [7, 11) is 0. The van der Waals surface area contributed by atoms with Crippen molar-refractivity contribution in [1.29, 1.82) is 0 Å². The number of nitrogens with zero attached hydrogens (tertiary/aromatic N) is 1. The van der Waals surface area contributed by atoms with Gasteiger partial charge in [-0.1, -0.05) is 0 Å². The van der Waals surface area contributed by atoms with Gasteiger partial charge in [-0.25, -0.2) is 4.39 Å². The van der Waals surface area contributed by atoms with Gasteiger partial charge in [0.2, 0.25) is 0 Å². The van der Waals surface area contributed by atoms with Gasteiger partial charge in [-0.05, 0) is 40.8 Å². The first-order valence-electron chi connectivity index (χ1n) is 4.55. The molecule has 4 heteroatoms. The highest BCUT2D eigenvalue weighted by Gasteiger charge is 2.13. The molecule has 1 saturated heterocycles. The van der Waals surface area contributed by atoms with Gasteiger partial charge in [-0.15, -0.1) is 0 Å². The number of halogens is 2. The highest BCUT2D eigenvalue weighted by molar-refractivity contribution is 14.1. The minimum Gasteiger partial charge on any atom is -0.378 e. The van der Waals surface area contributed by atoms with Gasteiger partial charge < -0.3 is 9.64 Å². The Morgan fingerprint density at radius 1 is 1.29 bits per heavy atom. The van der Waals surface area contributed by atoms with Crippen LogP contribution in [0.15, 0.2) is 18.2 Å². The molecule has 0 atom stereocenters. The second-order valence-electron chi connectivity index (χ2n) is 3.20. The van der Waals surface area contributed by atoms with E-state index < -0.39 is 0 Å². The Morgan fingerprint density at radius 2 is 2.00 bits per heavy atom. The molecule has 0 aliphatic carbocycles. The molecule has 2 rings (SSSR count). The number of benzene rings is 1. The monoisotopic (exact) mass is 307 g/mol. The average molecular weight is 307 g/mol. The van der Waals surface area contributed by atoms with E-state index in [-0.39, 0.29) is 5.82 Å². The third-order valence-electron chi connectivity index (χ3n) is 2.26. The molecule has 14 heavy (non-hydrogen) atoms. The zero-order valence-corrected chi connectivity index (χ0v) is 9.83. The fourth-order valence-corrected chi connectivity index (χ4v) is 2.36. The molecule has 0 N–H and O–H groups in total.